The lowest BCUT2D eigenvalue weighted by atomic mass is 10.1. The Kier molecular flexibility index (Phi) is 5.85. The summed E-state index contributed by atoms with van der Waals surface area (Å²) in [7, 11) is 0. The highest BCUT2D eigenvalue weighted by atomic mass is 16.2. The molecule has 0 atom stereocenters. The number of benzene rings is 3. The van der Waals surface area contributed by atoms with Crippen molar-refractivity contribution >= 4 is 34.0 Å². The molecule has 0 fully saturated rings. The highest BCUT2D eigenvalue weighted by molar-refractivity contribution is 6.24. The number of nitrogens with zero attached hydrogens (tertiary/aromatic N) is 2. The van der Waals surface area contributed by atoms with E-state index in [0.717, 1.165) is 46.1 Å². The van der Waals surface area contributed by atoms with Crippen molar-refractivity contribution in [1.82, 2.24) is 5.43 Å². The molecule has 2 amide bonds. The van der Waals surface area contributed by atoms with Crippen molar-refractivity contribution in [2.75, 3.05) is 4.90 Å². The monoisotopic (exact) mass is 413 g/mol. The van der Waals surface area contributed by atoms with Crippen LogP contribution in [0.2, 0.25) is 0 Å². The Hall–Kier alpha value is -3.47. The van der Waals surface area contributed by atoms with E-state index in [1.165, 1.54) is 0 Å². The number of carbonyl (C=O) groups excluding carboxylic acids is 2. The van der Waals surface area contributed by atoms with Gasteiger partial charge in [-0.25, -0.2) is 5.43 Å². The van der Waals surface area contributed by atoms with Crippen LogP contribution in [0.4, 0.5) is 5.69 Å². The van der Waals surface area contributed by atoms with Crippen molar-refractivity contribution in [2.45, 2.75) is 40.2 Å². The zero-order valence-electron chi connectivity index (χ0n) is 18.2. The van der Waals surface area contributed by atoms with Gasteiger partial charge in [0.15, 0.2) is 0 Å². The van der Waals surface area contributed by atoms with Gasteiger partial charge in [-0.3, -0.25) is 9.59 Å². The fourth-order valence-electron chi connectivity index (χ4n) is 3.84. The van der Waals surface area contributed by atoms with E-state index in [2.05, 4.69) is 24.4 Å². The molecule has 4 rings (SSSR count). The lowest BCUT2D eigenvalue weighted by Crippen LogP contribution is -2.26. The van der Waals surface area contributed by atoms with Gasteiger partial charge in [-0.2, -0.15) is 5.10 Å². The largest absolute Gasteiger partial charge is 0.303 e. The van der Waals surface area contributed by atoms with E-state index >= 15 is 0 Å². The number of hydrogen-bond acceptors (Lipinski definition) is 3. The lowest BCUT2D eigenvalue weighted by Gasteiger charge is -2.18. The molecule has 1 aliphatic heterocycles. The van der Waals surface area contributed by atoms with Gasteiger partial charge in [0.2, 0.25) is 0 Å². The molecule has 0 aliphatic carbocycles. The van der Waals surface area contributed by atoms with Crippen LogP contribution < -0.4 is 10.3 Å². The number of rotatable bonds is 7. The Bertz CT molecular complexity index is 1160. The molecule has 0 saturated heterocycles. The molecule has 3 aromatic carbocycles. The number of hydrogen-bond donors (Lipinski definition) is 1. The third-order valence-electron chi connectivity index (χ3n) is 5.64. The van der Waals surface area contributed by atoms with Gasteiger partial charge in [-0.15, -0.1) is 0 Å². The Balaban J connectivity index is 1.44. The van der Waals surface area contributed by atoms with Crippen LogP contribution in [-0.4, -0.2) is 17.5 Å². The van der Waals surface area contributed by atoms with Crippen LogP contribution in [-0.2, 0) is 6.54 Å². The predicted octanol–water partition coefficient (Wildman–Crippen LogP) is 5.54. The maximum absolute atomic E-state index is 12.9. The number of anilines is 1. The van der Waals surface area contributed by atoms with E-state index in [1.807, 2.05) is 55.5 Å². The smallest absolute Gasteiger partial charge is 0.271 e. The van der Waals surface area contributed by atoms with E-state index in [-0.39, 0.29) is 11.8 Å². The summed E-state index contributed by atoms with van der Waals surface area (Å²) < 4.78 is 0. The van der Waals surface area contributed by atoms with Crippen molar-refractivity contribution in [2.24, 2.45) is 11.0 Å². The second-order valence-corrected chi connectivity index (χ2v) is 8.49. The topological polar surface area (TPSA) is 61.8 Å². The first-order chi connectivity index (χ1) is 14.9. The third-order valence-corrected chi connectivity index (χ3v) is 5.64. The Morgan fingerprint density at radius 2 is 1.74 bits per heavy atom. The number of nitrogens with one attached hydrogen (secondary N) is 1. The van der Waals surface area contributed by atoms with Crippen molar-refractivity contribution < 1.29 is 9.59 Å². The highest BCUT2D eigenvalue weighted by Crippen LogP contribution is 2.37. The molecule has 0 saturated carbocycles. The van der Waals surface area contributed by atoms with Gasteiger partial charge in [0.1, 0.15) is 0 Å². The summed E-state index contributed by atoms with van der Waals surface area (Å²) in [5.41, 5.74) is 6.74. The Morgan fingerprint density at radius 3 is 2.45 bits per heavy atom. The zero-order chi connectivity index (χ0) is 22.0. The van der Waals surface area contributed by atoms with Crippen molar-refractivity contribution in [1.29, 1.82) is 0 Å². The molecule has 0 aromatic heterocycles. The number of hydrazone groups is 1. The molecule has 0 unspecified atom stereocenters. The molecule has 3 aromatic rings. The standard InChI is InChI=1S/C26H27N3O2/c1-17(2)10-11-18(3)27-28-25(30)21-14-12-19(13-15-21)16-29-23-9-5-7-20-6-4-8-22(24(20)23)26(29)31/h4-9,12-15,17H,10-11,16H2,1-3H3,(H,28,30)/b27-18-. The van der Waals surface area contributed by atoms with Crippen LogP contribution in [0.1, 0.15) is 59.9 Å². The first-order valence-electron chi connectivity index (χ1n) is 10.7. The van der Waals surface area contributed by atoms with Crippen molar-refractivity contribution in [3.8, 4) is 0 Å². The molecule has 158 valence electrons. The zero-order valence-corrected chi connectivity index (χ0v) is 18.2. The average molecular weight is 414 g/mol. The second-order valence-electron chi connectivity index (χ2n) is 8.49. The van der Waals surface area contributed by atoms with Gasteiger partial charge in [0.05, 0.1) is 12.2 Å². The molecule has 31 heavy (non-hydrogen) atoms. The summed E-state index contributed by atoms with van der Waals surface area (Å²) in [6.07, 6.45) is 1.92. The quantitative estimate of drug-likeness (QED) is 0.408. The molecule has 1 heterocycles. The average Bonchev–Trinajstić information content (AvgIpc) is 3.04. The van der Waals surface area contributed by atoms with Crippen molar-refractivity contribution in [3.63, 3.8) is 0 Å². The summed E-state index contributed by atoms with van der Waals surface area (Å²) in [5, 5.41) is 6.28. The molecular formula is C26H27N3O2. The molecule has 0 spiro atoms. The van der Waals surface area contributed by atoms with Crippen LogP contribution in [0.3, 0.4) is 0 Å². The van der Waals surface area contributed by atoms with Gasteiger partial charge >= 0.3 is 0 Å². The fourth-order valence-corrected chi connectivity index (χ4v) is 3.84. The molecule has 5 nitrogen and oxygen atoms in total. The molecule has 5 heteroatoms. The molecule has 0 bridgehead atoms. The van der Waals surface area contributed by atoms with Gasteiger partial charge in [-0.1, -0.05) is 50.2 Å². The van der Waals surface area contributed by atoms with E-state index in [4.69, 9.17) is 0 Å². The lowest BCUT2D eigenvalue weighted by molar-refractivity contribution is 0.0952. The fraction of sp³-hybridized carbons (Fsp3) is 0.269. The number of carbonyl (C=O) groups is 2. The van der Waals surface area contributed by atoms with E-state index < -0.39 is 0 Å². The summed E-state index contributed by atoms with van der Waals surface area (Å²) in [4.78, 5) is 27.1. The first-order valence-corrected chi connectivity index (χ1v) is 10.7. The third kappa shape index (κ3) is 4.36. The predicted molar refractivity (Wildman–Crippen MR) is 126 cm³/mol. The summed E-state index contributed by atoms with van der Waals surface area (Å²) >= 11 is 0. The van der Waals surface area contributed by atoms with Crippen LogP contribution in [0.15, 0.2) is 65.8 Å². The van der Waals surface area contributed by atoms with Gasteiger partial charge in [0, 0.05) is 22.2 Å². The van der Waals surface area contributed by atoms with Crippen LogP contribution in [0.25, 0.3) is 10.8 Å². The van der Waals surface area contributed by atoms with Gasteiger partial charge in [0.25, 0.3) is 11.8 Å². The minimum Gasteiger partial charge on any atom is -0.303 e. The minimum atomic E-state index is -0.232. The normalized spacial score (nSPS) is 13.4. The van der Waals surface area contributed by atoms with Crippen LogP contribution in [0, 0.1) is 5.92 Å². The summed E-state index contributed by atoms with van der Waals surface area (Å²) in [6.45, 7) is 6.73. The Labute approximate surface area is 182 Å². The number of amides is 2. The highest BCUT2D eigenvalue weighted by Gasteiger charge is 2.29. The molecule has 1 aliphatic rings. The maximum Gasteiger partial charge on any atom is 0.271 e. The minimum absolute atomic E-state index is 0.0137. The van der Waals surface area contributed by atoms with E-state index in [0.29, 0.717) is 18.0 Å². The maximum atomic E-state index is 12.9. The summed E-state index contributed by atoms with van der Waals surface area (Å²) in [5.74, 6) is 0.389. The van der Waals surface area contributed by atoms with Crippen LogP contribution >= 0.6 is 0 Å². The molecule has 1 N–H and O–H groups in total. The first kappa shape index (κ1) is 20.8. The summed E-state index contributed by atoms with van der Waals surface area (Å²) in [6, 6.07) is 19.1. The van der Waals surface area contributed by atoms with Crippen LogP contribution in [0.5, 0.6) is 0 Å². The Morgan fingerprint density at radius 1 is 1.03 bits per heavy atom. The van der Waals surface area contributed by atoms with Crippen molar-refractivity contribution in [3.05, 3.63) is 77.4 Å². The van der Waals surface area contributed by atoms with Gasteiger partial charge in [-0.05, 0) is 60.9 Å². The second kappa shape index (κ2) is 8.72. The van der Waals surface area contributed by atoms with E-state index in [1.54, 1.807) is 17.0 Å². The SMILES string of the molecule is C/C(CCC(C)C)=N/NC(=O)c1ccc(CN2C(=O)c3cccc4cccc2c34)cc1. The molecule has 0 radical (unpaired) electrons. The van der Waals surface area contributed by atoms with Gasteiger partial charge < -0.3 is 4.90 Å². The van der Waals surface area contributed by atoms with E-state index in [9.17, 15) is 9.59 Å². The molecular weight excluding hydrogens is 386 g/mol.